The van der Waals surface area contributed by atoms with Crippen LogP contribution in [0.25, 0.3) is 0 Å². The third-order valence-electron chi connectivity index (χ3n) is 2.53. The summed E-state index contributed by atoms with van der Waals surface area (Å²) in [6.45, 7) is 0. The molecule has 110 valence electrons. The molecule has 0 atom stereocenters. The van der Waals surface area contributed by atoms with E-state index in [9.17, 15) is 25.3 Å². The lowest BCUT2D eigenvalue weighted by Crippen LogP contribution is -2.27. The highest BCUT2D eigenvalue weighted by Crippen LogP contribution is 2.28. The van der Waals surface area contributed by atoms with Gasteiger partial charge in [-0.2, -0.15) is 8.42 Å². The molecule has 0 saturated heterocycles. The first kappa shape index (κ1) is 15.1. The number of sulfone groups is 1. The average molecular weight is 338 g/mol. The minimum atomic E-state index is -4.17. The summed E-state index contributed by atoms with van der Waals surface area (Å²) in [6.07, 6.45) is 0. The van der Waals surface area contributed by atoms with Gasteiger partial charge in [-0.25, -0.2) is 22.0 Å². The second kappa shape index (κ2) is 4.62. The first-order valence-electron chi connectivity index (χ1n) is 5.20. The monoisotopic (exact) mass is 338 g/mol. The van der Waals surface area contributed by atoms with E-state index in [0.29, 0.717) is 0 Å². The highest BCUT2D eigenvalue weighted by molar-refractivity contribution is 8.09. The van der Waals surface area contributed by atoms with Crippen molar-refractivity contribution >= 4 is 34.9 Å². The van der Waals surface area contributed by atoms with E-state index in [2.05, 4.69) is 4.40 Å². The molecule has 0 aliphatic carbocycles. The summed E-state index contributed by atoms with van der Waals surface area (Å²) in [7, 11) is -12.2. The lowest BCUT2D eigenvalue weighted by Gasteiger charge is -2.03. The molecule has 0 spiro atoms. The Bertz CT molecular complexity index is 897. The van der Waals surface area contributed by atoms with Gasteiger partial charge in [0.05, 0.1) is 16.4 Å². The molecule has 0 saturated carbocycles. The molecule has 1 aromatic rings. The summed E-state index contributed by atoms with van der Waals surface area (Å²) in [6, 6.07) is 5.43. The first-order chi connectivity index (χ1) is 9.03. The number of hydrogen-bond donors (Lipinski definition) is 1. The Morgan fingerprint density at radius 1 is 1.05 bits per heavy atom. The van der Waals surface area contributed by atoms with E-state index in [1.807, 2.05) is 0 Å². The maximum absolute atomic E-state index is 12.0. The minimum absolute atomic E-state index is 0.0538. The smallest absolute Gasteiger partial charge is 0.229 e. The zero-order valence-electron chi connectivity index (χ0n) is 9.92. The van der Waals surface area contributed by atoms with Gasteiger partial charge in [-0.15, -0.1) is 4.40 Å². The van der Waals surface area contributed by atoms with Gasteiger partial charge in [-0.05, 0) is 6.07 Å². The van der Waals surface area contributed by atoms with Crippen molar-refractivity contribution in [2.24, 2.45) is 9.54 Å². The molecule has 11 heteroatoms. The lowest BCUT2D eigenvalue weighted by molar-refractivity contribution is 0.593. The Balaban J connectivity index is 2.50. The third-order valence-corrected chi connectivity index (χ3v) is 6.65. The number of nitrogens with two attached hydrogens (primary N) is 1. The summed E-state index contributed by atoms with van der Waals surface area (Å²) in [5.41, 5.74) is -0.0538. The van der Waals surface area contributed by atoms with Crippen molar-refractivity contribution in [3.05, 3.63) is 29.8 Å². The van der Waals surface area contributed by atoms with Crippen LogP contribution >= 0.6 is 0 Å². The van der Waals surface area contributed by atoms with E-state index in [1.54, 1.807) is 0 Å². The average Bonchev–Trinajstić information content (AvgIpc) is 2.60. The zero-order valence-corrected chi connectivity index (χ0v) is 12.4. The Morgan fingerprint density at radius 2 is 1.65 bits per heavy atom. The van der Waals surface area contributed by atoms with Gasteiger partial charge in [0.1, 0.15) is 0 Å². The number of rotatable bonds is 3. The summed E-state index contributed by atoms with van der Waals surface area (Å²) < 4.78 is 72.3. The van der Waals surface area contributed by atoms with E-state index >= 15 is 0 Å². The van der Waals surface area contributed by atoms with Crippen LogP contribution in [0.4, 0.5) is 0 Å². The fraction of sp³-hybridized carbons (Fsp3) is 0.222. The first-order valence-corrected chi connectivity index (χ1v) is 10.0. The van der Waals surface area contributed by atoms with Crippen molar-refractivity contribution in [2.75, 3.05) is 11.5 Å². The van der Waals surface area contributed by atoms with E-state index < -0.39 is 46.4 Å². The molecule has 1 aliphatic heterocycles. The fourth-order valence-electron chi connectivity index (χ4n) is 1.62. The molecule has 8 nitrogen and oxygen atoms in total. The molecule has 0 fully saturated rings. The van der Waals surface area contributed by atoms with Crippen LogP contribution in [-0.4, -0.2) is 41.8 Å². The van der Waals surface area contributed by atoms with Gasteiger partial charge in [-0.1, -0.05) is 18.2 Å². The van der Waals surface area contributed by atoms with Crippen LogP contribution in [0.5, 0.6) is 0 Å². The largest absolute Gasteiger partial charge is 0.284 e. The highest BCUT2D eigenvalue weighted by atomic mass is 32.2. The Hall–Kier alpha value is -1.30. The van der Waals surface area contributed by atoms with Crippen LogP contribution in [0.1, 0.15) is 5.56 Å². The predicted octanol–water partition coefficient (Wildman–Crippen LogP) is -1.16. The molecule has 1 aromatic carbocycles. The van der Waals surface area contributed by atoms with E-state index in [0.717, 1.165) is 0 Å². The molecule has 0 bridgehead atoms. The summed E-state index contributed by atoms with van der Waals surface area (Å²) in [5.74, 6) is -1.63. The van der Waals surface area contributed by atoms with Crippen LogP contribution in [-0.2, 0) is 29.9 Å². The quantitative estimate of drug-likeness (QED) is 0.737. The topological polar surface area (TPSA) is 141 Å². The third kappa shape index (κ3) is 2.90. The number of benzene rings is 1. The Kier molecular flexibility index (Phi) is 3.48. The van der Waals surface area contributed by atoms with E-state index in [4.69, 9.17) is 5.14 Å². The van der Waals surface area contributed by atoms with Gasteiger partial charge in [0, 0.05) is 5.56 Å². The van der Waals surface area contributed by atoms with Crippen LogP contribution in [0.15, 0.2) is 33.6 Å². The normalized spacial score (nSPS) is 17.6. The molecule has 0 amide bonds. The van der Waals surface area contributed by atoms with Gasteiger partial charge in [0.25, 0.3) is 10.0 Å². The van der Waals surface area contributed by atoms with Crippen molar-refractivity contribution in [1.29, 1.82) is 0 Å². The molecule has 0 unspecified atom stereocenters. The van der Waals surface area contributed by atoms with Crippen LogP contribution in [0.3, 0.4) is 0 Å². The van der Waals surface area contributed by atoms with Gasteiger partial charge in [-0.3, -0.25) is 0 Å². The van der Waals surface area contributed by atoms with Crippen LogP contribution < -0.4 is 5.14 Å². The highest BCUT2D eigenvalue weighted by Gasteiger charge is 2.36. The van der Waals surface area contributed by atoms with E-state index in [1.165, 1.54) is 24.3 Å². The number of sulfonamides is 2. The predicted molar refractivity (Wildman–Crippen MR) is 71.9 cm³/mol. The molecule has 1 heterocycles. The molecule has 1 aliphatic rings. The van der Waals surface area contributed by atoms with Crippen molar-refractivity contribution in [3.63, 3.8) is 0 Å². The second-order valence-corrected chi connectivity index (χ2v) is 9.38. The molecule has 20 heavy (non-hydrogen) atoms. The van der Waals surface area contributed by atoms with E-state index in [-0.39, 0.29) is 10.5 Å². The van der Waals surface area contributed by atoms with Crippen molar-refractivity contribution in [3.8, 4) is 0 Å². The number of fused-ring (bicyclic) bond motifs is 1. The molecule has 0 radical (unpaired) electrons. The molecule has 0 aromatic heterocycles. The minimum Gasteiger partial charge on any atom is -0.229 e. The number of hydrogen-bond acceptors (Lipinski definition) is 6. The number of nitrogens with zero attached hydrogens (tertiary/aromatic N) is 1. The van der Waals surface area contributed by atoms with Gasteiger partial charge < -0.3 is 0 Å². The molecule has 2 N–H and O–H groups in total. The van der Waals surface area contributed by atoms with Crippen molar-refractivity contribution in [2.45, 2.75) is 4.90 Å². The molecular formula is C9H10N2O6S3. The SMILES string of the molecule is NS(=O)(=O)CCS(=O)(=O)C1=NS(=O)(=O)c2ccccc21. The standard InChI is InChI=1S/C9H10N2O6S3/c10-19(14,15)6-5-18(12,13)9-7-3-1-2-4-8(7)20(16,17)11-9/h1-4H,5-6H2,(H2,10,14,15). The Labute approximate surface area is 116 Å². The van der Waals surface area contributed by atoms with Gasteiger partial charge in [0.15, 0.2) is 14.9 Å². The summed E-state index contributed by atoms with van der Waals surface area (Å²) in [4.78, 5) is -0.214. The molecule has 2 rings (SSSR count). The lowest BCUT2D eigenvalue weighted by atomic mass is 10.2. The van der Waals surface area contributed by atoms with Crippen LogP contribution in [0.2, 0.25) is 0 Å². The van der Waals surface area contributed by atoms with Crippen molar-refractivity contribution < 1.29 is 25.3 Å². The van der Waals surface area contributed by atoms with Gasteiger partial charge >= 0.3 is 0 Å². The molecular weight excluding hydrogens is 328 g/mol. The summed E-state index contributed by atoms with van der Waals surface area (Å²) >= 11 is 0. The second-order valence-electron chi connectivity index (χ2n) is 4.05. The number of primary sulfonamides is 1. The summed E-state index contributed by atoms with van der Waals surface area (Å²) in [5, 5.41) is 4.10. The van der Waals surface area contributed by atoms with Gasteiger partial charge in [0.2, 0.25) is 10.0 Å². The fourth-order valence-corrected chi connectivity index (χ4v) is 6.06. The Morgan fingerprint density at radius 3 is 2.25 bits per heavy atom. The van der Waals surface area contributed by atoms with Crippen molar-refractivity contribution in [1.82, 2.24) is 0 Å². The van der Waals surface area contributed by atoms with Crippen LogP contribution in [0, 0.1) is 0 Å². The maximum Gasteiger partial charge on any atom is 0.284 e. The maximum atomic E-state index is 12.0. The zero-order chi connectivity index (χ0) is 15.2.